The SMILES string of the molecule is C=C1COc2cc3c(cc2OC1)-c1cc(=O)c(C(=O)OC)cn1C(C(C)(C)C)C3. The Morgan fingerprint density at radius 2 is 1.83 bits per heavy atom. The van der Waals surface area contributed by atoms with Crippen molar-refractivity contribution in [3.8, 4) is 22.8 Å². The summed E-state index contributed by atoms with van der Waals surface area (Å²) in [5.74, 6) is 0.700. The zero-order valence-electron chi connectivity index (χ0n) is 17.2. The lowest BCUT2D eigenvalue weighted by molar-refractivity contribution is 0.0597. The second kappa shape index (κ2) is 6.79. The third-order valence-electron chi connectivity index (χ3n) is 5.54. The molecule has 0 fully saturated rings. The summed E-state index contributed by atoms with van der Waals surface area (Å²) in [6.45, 7) is 11.2. The average molecular weight is 395 g/mol. The first kappa shape index (κ1) is 19.3. The Morgan fingerprint density at radius 1 is 1.17 bits per heavy atom. The molecular formula is C23H25NO5. The van der Waals surface area contributed by atoms with Gasteiger partial charge in [-0.1, -0.05) is 27.4 Å². The third-order valence-corrected chi connectivity index (χ3v) is 5.54. The average Bonchev–Trinajstić information content (AvgIpc) is 2.85. The summed E-state index contributed by atoms with van der Waals surface area (Å²) in [5.41, 5.74) is 3.21. The maximum absolute atomic E-state index is 12.7. The molecule has 0 bridgehead atoms. The van der Waals surface area contributed by atoms with Crippen LogP contribution < -0.4 is 14.9 Å². The molecule has 1 aromatic carbocycles. The van der Waals surface area contributed by atoms with E-state index in [1.54, 1.807) is 6.20 Å². The van der Waals surface area contributed by atoms with E-state index >= 15 is 0 Å². The zero-order chi connectivity index (χ0) is 20.9. The lowest BCUT2D eigenvalue weighted by Crippen LogP contribution is -2.33. The van der Waals surface area contributed by atoms with Crippen molar-refractivity contribution in [2.24, 2.45) is 5.41 Å². The number of hydrogen-bond donors (Lipinski definition) is 0. The number of carbonyl (C=O) groups excluding carboxylic acids is 1. The summed E-state index contributed by atoms with van der Waals surface area (Å²) in [6.07, 6.45) is 2.38. The van der Waals surface area contributed by atoms with Crippen LogP contribution in [0.25, 0.3) is 11.3 Å². The molecule has 0 spiro atoms. The maximum Gasteiger partial charge on any atom is 0.343 e. The molecule has 2 aromatic rings. The molecule has 3 heterocycles. The van der Waals surface area contributed by atoms with Crippen LogP contribution >= 0.6 is 0 Å². The summed E-state index contributed by atoms with van der Waals surface area (Å²) in [4.78, 5) is 24.8. The molecule has 4 rings (SSSR count). The van der Waals surface area contributed by atoms with E-state index in [1.165, 1.54) is 13.2 Å². The highest BCUT2D eigenvalue weighted by Crippen LogP contribution is 2.46. The number of benzene rings is 1. The number of rotatable bonds is 1. The van der Waals surface area contributed by atoms with Crippen LogP contribution in [-0.2, 0) is 11.2 Å². The van der Waals surface area contributed by atoms with Gasteiger partial charge >= 0.3 is 5.97 Å². The number of nitrogens with zero attached hydrogens (tertiary/aromatic N) is 1. The Hall–Kier alpha value is -3.02. The van der Waals surface area contributed by atoms with Crippen LogP contribution in [-0.4, -0.2) is 30.9 Å². The minimum absolute atomic E-state index is 0.0413. The molecule has 0 aliphatic carbocycles. The van der Waals surface area contributed by atoms with Crippen molar-refractivity contribution in [2.45, 2.75) is 33.2 Å². The maximum atomic E-state index is 12.7. The Bertz CT molecular complexity index is 1070. The largest absolute Gasteiger partial charge is 0.485 e. The topological polar surface area (TPSA) is 66.8 Å². The summed E-state index contributed by atoms with van der Waals surface area (Å²) in [5, 5.41) is 0. The number of aromatic nitrogens is 1. The first-order valence-corrected chi connectivity index (χ1v) is 9.63. The molecule has 0 saturated carbocycles. The number of ether oxygens (including phenoxy) is 3. The van der Waals surface area contributed by atoms with Gasteiger partial charge in [0.2, 0.25) is 0 Å². The highest BCUT2D eigenvalue weighted by Gasteiger charge is 2.34. The van der Waals surface area contributed by atoms with Crippen molar-refractivity contribution in [1.29, 1.82) is 0 Å². The van der Waals surface area contributed by atoms with Gasteiger partial charge in [-0.3, -0.25) is 4.79 Å². The highest BCUT2D eigenvalue weighted by atomic mass is 16.5. The Labute approximate surface area is 169 Å². The van der Waals surface area contributed by atoms with E-state index in [1.807, 2.05) is 16.7 Å². The van der Waals surface area contributed by atoms with E-state index in [0.717, 1.165) is 28.8 Å². The quantitative estimate of drug-likeness (QED) is 0.543. The Kier molecular flexibility index (Phi) is 4.52. The number of hydrogen-bond acceptors (Lipinski definition) is 5. The van der Waals surface area contributed by atoms with Crippen molar-refractivity contribution in [1.82, 2.24) is 4.57 Å². The molecule has 1 unspecified atom stereocenters. The first-order valence-electron chi connectivity index (χ1n) is 9.63. The van der Waals surface area contributed by atoms with Gasteiger partial charge < -0.3 is 18.8 Å². The Balaban J connectivity index is 1.94. The fraction of sp³-hybridized carbons (Fsp3) is 0.391. The van der Waals surface area contributed by atoms with Gasteiger partial charge in [-0.15, -0.1) is 0 Å². The Morgan fingerprint density at radius 3 is 2.45 bits per heavy atom. The summed E-state index contributed by atoms with van der Waals surface area (Å²) < 4.78 is 18.6. The van der Waals surface area contributed by atoms with E-state index in [4.69, 9.17) is 14.2 Å². The van der Waals surface area contributed by atoms with Crippen molar-refractivity contribution in [2.75, 3.05) is 20.3 Å². The van der Waals surface area contributed by atoms with E-state index in [0.29, 0.717) is 24.7 Å². The van der Waals surface area contributed by atoms with Gasteiger partial charge in [-0.2, -0.15) is 0 Å². The summed E-state index contributed by atoms with van der Waals surface area (Å²) in [7, 11) is 1.28. The summed E-state index contributed by atoms with van der Waals surface area (Å²) >= 11 is 0. The van der Waals surface area contributed by atoms with Crippen molar-refractivity contribution in [3.05, 3.63) is 57.9 Å². The molecule has 1 aromatic heterocycles. The first-order chi connectivity index (χ1) is 13.7. The summed E-state index contributed by atoms with van der Waals surface area (Å²) in [6, 6.07) is 5.50. The van der Waals surface area contributed by atoms with Gasteiger partial charge in [0, 0.05) is 23.9 Å². The lowest BCUT2D eigenvalue weighted by Gasteiger charge is -2.39. The van der Waals surface area contributed by atoms with Gasteiger partial charge in [0.1, 0.15) is 18.8 Å². The van der Waals surface area contributed by atoms with Crippen molar-refractivity contribution >= 4 is 5.97 Å². The van der Waals surface area contributed by atoms with Crippen LogP contribution in [0.5, 0.6) is 11.5 Å². The highest BCUT2D eigenvalue weighted by molar-refractivity contribution is 5.89. The molecule has 0 radical (unpaired) electrons. The molecule has 152 valence electrons. The fourth-order valence-corrected chi connectivity index (χ4v) is 3.95. The molecule has 2 aliphatic rings. The van der Waals surface area contributed by atoms with Crippen molar-refractivity contribution in [3.63, 3.8) is 0 Å². The van der Waals surface area contributed by atoms with E-state index in [2.05, 4.69) is 27.4 Å². The van der Waals surface area contributed by atoms with E-state index < -0.39 is 5.97 Å². The molecule has 6 heteroatoms. The van der Waals surface area contributed by atoms with Crippen LogP contribution in [0.1, 0.15) is 42.7 Å². The van der Waals surface area contributed by atoms with Crippen LogP contribution in [0, 0.1) is 5.41 Å². The third kappa shape index (κ3) is 3.33. The number of methoxy groups -OCH3 is 1. The molecule has 1 atom stereocenters. The smallest absolute Gasteiger partial charge is 0.343 e. The number of carbonyl (C=O) groups is 1. The van der Waals surface area contributed by atoms with Gasteiger partial charge in [-0.25, -0.2) is 4.79 Å². The molecule has 0 N–H and O–H groups in total. The standard InChI is InChI=1S/C23H25NO5/c1-13-11-28-19-6-14-7-21(23(2,3)4)24-10-16(22(26)27-5)18(25)9-17(24)15(14)8-20(19)29-12-13/h6,8-10,21H,1,7,11-12H2,2-5H3. The van der Waals surface area contributed by atoms with Gasteiger partial charge in [0.15, 0.2) is 16.9 Å². The monoisotopic (exact) mass is 395 g/mol. The normalized spacial score (nSPS) is 17.8. The number of fused-ring (bicyclic) bond motifs is 4. The van der Waals surface area contributed by atoms with Crippen LogP contribution in [0.2, 0.25) is 0 Å². The second-order valence-corrected chi connectivity index (χ2v) is 8.70. The lowest BCUT2D eigenvalue weighted by atomic mass is 9.78. The van der Waals surface area contributed by atoms with Gasteiger partial charge in [0.25, 0.3) is 0 Å². The minimum atomic E-state index is -0.624. The van der Waals surface area contributed by atoms with E-state index in [9.17, 15) is 9.59 Å². The van der Waals surface area contributed by atoms with E-state index in [-0.39, 0.29) is 22.4 Å². The zero-order valence-corrected chi connectivity index (χ0v) is 17.2. The molecule has 0 saturated heterocycles. The number of pyridine rings is 1. The molecule has 6 nitrogen and oxygen atoms in total. The van der Waals surface area contributed by atoms with Gasteiger partial charge in [0.05, 0.1) is 12.8 Å². The minimum Gasteiger partial charge on any atom is -0.485 e. The number of esters is 1. The van der Waals surface area contributed by atoms with Crippen LogP contribution in [0.3, 0.4) is 0 Å². The second-order valence-electron chi connectivity index (χ2n) is 8.70. The molecule has 0 amide bonds. The van der Waals surface area contributed by atoms with Crippen LogP contribution in [0.15, 0.2) is 41.3 Å². The van der Waals surface area contributed by atoms with Crippen molar-refractivity contribution < 1.29 is 19.0 Å². The molecule has 2 aliphatic heterocycles. The van der Waals surface area contributed by atoms with Gasteiger partial charge in [-0.05, 0) is 35.1 Å². The van der Waals surface area contributed by atoms with Crippen LogP contribution in [0.4, 0.5) is 0 Å². The predicted octanol–water partition coefficient (Wildman–Crippen LogP) is 3.77. The predicted molar refractivity (Wildman–Crippen MR) is 110 cm³/mol. The molecular weight excluding hydrogens is 370 g/mol. The molecule has 29 heavy (non-hydrogen) atoms. The fourth-order valence-electron chi connectivity index (χ4n) is 3.95.